The van der Waals surface area contributed by atoms with E-state index < -0.39 is 12.2 Å². The summed E-state index contributed by atoms with van der Waals surface area (Å²) in [5.41, 5.74) is 1.82. The van der Waals surface area contributed by atoms with Gasteiger partial charge in [-0.25, -0.2) is 9.97 Å². The first-order chi connectivity index (χ1) is 9.47. The number of rotatable bonds is 4. The van der Waals surface area contributed by atoms with Gasteiger partial charge in [-0.3, -0.25) is 0 Å². The third kappa shape index (κ3) is 2.90. The van der Waals surface area contributed by atoms with Gasteiger partial charge in [-0.05, 0) is 26.5 Å². The number of thioether (sulfide) groups is 1. The van der Waals surface area contributed by atoms with Crippen LogP contribution in [0, 0.1) is 19.8 Å². The first-order valence-corrected chi connectivity index (χ1v) is 7.83. The number of hydrogen-bond donors (Lipinski definition) is 4. The quantitative estimate of drug-likeness (QED) is 0.470. The molecule has 0 amide bonds. The maximum atomic E-state index is 10.0. The van der Waals surface area contributed by atoms with Crippen molar-refractivity contribution in [2.75, 3.05) is 18.2 Å². The van der Waals surface area contributed by atoms with E-state index in [1.807, 2.05) is 20.1 Å². The zero-order valence-electron chi connectivity index (χ0n) is 11.9. The number of aliphatic hydroxyl groups excluding tert-OH is 3. The summed E-state index contributed by atoms with van der Waals surface area (Å²) in [5.74, 6) is 0.377. The highest BCUT2D eigenvalue weighted by atomic mass is 32.2. The second-order valence-corrected chi connectivity index (χ2v) is 5.95. The molecular weight excluding hydrogens is 278 g/mol. The molecular formula is C13H21N3O3S. The minimum absolute atomic E-state index is 0.131. The lowest BCUT2D eigenvalue weighted by molar-refractivity contribution is 0.00445. The lowest BCUT2D eigenvalue weighted by atomic mass is 10.1. The van der Waals surface area contributed by atoms with Crippen LogP contribution in [-0.4, -0.2) is 56.4 Å². The highest BCUT2D eigenvalue weighted by Gasteiger charge is 2.41. The van der Waals surface area contributed by atoms with E-state index in [-0.39, 0.29) is 18.6 Å². The van der Waals surface area contributed by atoms with Gasteiger partial charge in [0.1, 0.15) is 11.9 Å². The summed E-state index contributed by atoms with van der Waals surface area (Å²) in [6.45, 7) is 3.70. The third-order valence-corrected chi connectivity index (χ3v) is 4.46. The molecule has 0 radical (unpaired) electrons. The van der Waals surface area contributed by atoms with Crippen LogP contribution in [0.5, 0.6) is 0 Å². The molecule has 1 aromatic rings. The van der Waals surface area contributed by atoms with Gasteiger partial charge >= 0.3 is 0 Å². The molecule has 1 saturated carbocycles. The first-order valence-electron chi connectivity index (χ1n) is 6.60. The number of nitrogens with one attached hydrogen (secondary N) is 1. The molecule has 6 nitrogen and oxygen atoms in total. The van der Waals surface area contributed by atoms with Crippen LogP contribution in [0.25, 0.3) is 0 Å². The maximum Gasteiger partial charge on any atom is 0.189 e. The molecule has 0 saturated heterocycles. The molecule has 1 aromatic heterocycles. The van der Waals surface area contributed by atoms with Gasteiger partial charge in [0.15, 0.2) is 5.16 Å². The van der Waals surface area contributed by atoms with Crippen molar-refractivity contribution in [3.05, 3.63) is 11.3 Å². The molecule has 1 aliphatic carbocycles. The van der Waals surface area contributed by atoms with Crippen molar-refractivity contribution < 1.29 is 15.3 Å². The van der Waals surface area contributed by atoms with Gasteiger partial charge in [-0.15, -0.1) is 0 Å². The SMILES string of the molecule is CSc1nc(C)c(C)c(NC2CC(CO)C(O)C2O)n1. The van der Waals surface area contributed by atoms with Crippen LogP contribution in [0.3, 0.4) is 0 Å². The second-order valence-electron chi connectivity index (χ2n) is 5.18. The van der Waals surface area contributed by atoms with Crippen molar-refractivity contribution in [2.24, 2.45) is 5.92 Å². The lowest BCUT2D eigenvalue weighted by Gasteiger charge is -2.20. The molecule has 0 spiro atoms. The summed E-state index contributed by atoms with van der Waals surface area (Å²) < 4.78 is 0. The van der Waals surface area contributed by atoms with E-state index in [2.05, 4.69) is 15.3 Å². The second kappa shape index (κ2) is 6.26. The average Bonchev–Trinajstić information content (AvgIpc) is 2.71. The summed E-state index contributed by atoms with van der Waals surface area (Å²) in [7, 11) is 0. The smallest absolute Gasteiger partial charge is 0.189 e. The minimum Gasteiger partial charge on any atom is -0.396 e. The number of aryl methyl sites for hydroxylation is 1. The van der Waals surface area contributed by atoms with E-state index in [9.17, 15) is 15.3 Å². The highest BCUT2D eigenvalue weighted by Crippen LogP contribution is 2.30. The van der Waals surface area contributed by atoms with Gasteiger partial charge in [-0.2, -0.15) is 0 Å². The number of hydrogen-bond acceptors (Lipinski definition) is 7. The maximum absolute atomic E-state index is 10.0. The topological polar surface area (TPSA) is 98.5 Å². The van der Waals surface area contributed by atoms with Crippen LogP contribution in [0.15, 0.2) is 5.16 Å². The standard InChI is InChI=1S/C13H21N3O3S/c1-6-7(2)14-13(20-3)16-12(6)15-9-4-8(5-17)10(18)11(9)19/h8-11,17-19H,4-5H2,1-3H3,(H,14,15,16). The van der Waals surface area contributed by atoms with Crippen molar-refractivity contribution in [3.63, 3.8) is 0 Å². The molecule has 112 valence electrons. The Hall–Kier alpha value is -0.890. The molecule has 4 atom stereocenters. The van der Waals surface area contributed by atoms with Crippen LogP contribution >= 0.6 is 11.8 Å². The Morgan fingerprint density at radius 1 is 1.25 bits per heavy atom. The van der Waals surface area contributed by atoms with Crippen LogP contribution in [0.4, 0.5) is 5.82 Å². The Kier molecular flexibility index (Phi) is 4.85. The highest BCUT2D eigenvalue weighted by molar-refractivity contribution is 7.98. The molecule has 4 unspecified atom stereocenters. The van der Waals surface area contributed by atoms with E-state index >= 15 is 0 Å². The predicted molar refractivity (Wildman–Crippen MR) is 77.9 cm³/mol. The predicted octanol–water partition coefficient (Wildman–Crippen LogP) is 0.330. The van der Waals surface area contributed by atoms with Gasteiger partial charge in [0.2, 0.25) is 0 Å². The molecule has 1 heterocycles. The van der Waals surface area contributed by atoms with Gasteiger partial charge in [-0.1, -0.05) is 11.8 Å². The molecule has 20 heavy (non-hydrogen) atoms. The van der Waals surface area contributed by atoms with Crippen LogP contribution in [0.1, 0.15) is 17.7 Å². The van der Waals surface area contributed by atoms with E-state index in [0.29, 0.717) is 17.4 Å². The van der Waals surface area contributed by atoms with E-state index in [0.717, 1.165) is 11.3 Å². The van der Waals surface area contributed by atoms with Crippen molar-refractivity contribution in [3.8, 4) is 0 Å². The Bertz CT molecular complexity index is 486. The van der Waals surface area contributed by atoms with Crippen molar-refractivity contribution in [1.82, 2.24) is 9.97 Å². The normalized spacial score (nSPS) is 29.7. The van der Waals surface area contributed by atoms with Gasteiger partial charge in [0.05, 0.1) is 12.1 Å². The Labute approximate surface area is 122 Å². The molecule has 4 N–H and O–H groups in total. The van der Waals surface area contributed by atoms with Crippen LogP contribution in [-0.2, 0) is 0 Å². The largest absolute Gasteiger partial charge is 0.396 e. The minimum atomic E-state index is -0.903. The molecule has 2 rings (SSSR count). The fourth-order valence-corrected chi connectivity index (χ4v) is 2.87. The molecule has 7 heteroatoms. The van der Waals surface area contributed by atoms with Gasteiger partial charge < -0.3 is 20.6 Å². The Morgan fingerprint density at radius 2 is 1.95 bits per heavy atom. The number of anilines is 1. The number of aliphatic hydroxyl groups is 3. The third-order valence-electron chi connectivity index (χ3n) is 3.91. The van der Waals surface area contributed by atoms with Crippen LogP contribution < -0.4 is 5.32 Å². The lowest BCUT2D eigenvalue weighted by Crippen LogP contribution is -2.35. The summed E-state index contributed by atoms with van der Waals surface area (Å²) >= 11 is 1.46. The monoisotopic (exact) mass is 299 g/mol. The molecule has 0 aromatic carbocycles. The summed E-state index contributed by atoms with van der Waals surface area (Å²) in [5, 5.41) is 32.9. The fraction of sp³-hybridized carbons (Fsp3) is 0.692. The molecule has 1 aliphatic rings. The van der Waals surface area contributed by atoms with Gasteiger partial charge in [0.25, 0.3) is 0 Å². The van der Waals surface area contributed by atoms with E-state index in [1.54, 1.807) is 0 Å². The molecule has 0 bridgehead atoms. The molecule has 1 fully saturated rings. The van der Waals surface area contributed by atoms with Crippen molar-refractivity contribution >= 4 is 17.6 Å². The first kappa shape index (κ1) is 15.5. The number of aromatic nitrogens is 2. The zero-order valence-corrected chi connectivity index (χ0v) is 12.7. The summed E-state index contributed by atoms with van der Waals surface area (Å²) in [6.07, 6.45) is 0.611. The van der Waals surface area contributed by atoms with E-state index in [4.69, 9.17) is 0 Å². The van der Waals surface area contributed by atoms with E-state index in [1.165, 1.54) is 11.8 Å². The summed E-state index contributed by atoms with van der Waals surface area (Å²) in [6, 6.07) is -0.315. The van der Waals surface area contributed by atoms with Crippen molar-refractivity contribution in [2.45, 2.75) is 43.7 Å². The zero-order chi connectivity index (χ0) is 14.9. The van der Waals surface area contributed by atoms with Gasteiger partial charge in [0, 0.05) is 23.8 Å². The summed E-state index contributed by atoms with van der Waals surface area (Å²) in [4.78, 5) is 8.76. The number of nitrogens with zero attached hydrogens (tertiary/aromatic N) is 2. The van der Waals surface area contributed by atoms with Crippen molar-refractivity contribution in [1.29, 1.82) is 0 Å². The Morgan fingerprint density at radius 3 is 2.50 bits per heavy atom. The molecule has 0 aliphatic heterocycles. The van der Waals surface area contributed by atoms with Crippen LogP contribution in [0.2, 0.25) is 0 Å². The fourth-order valence-electron chi connectivity index (χ4n) is 2.46. The average molecular weight is 299 g/mol. The Balaban J connectivity index is 2.20.